The Kier molecular flexibility index (Phi) is 8.79. The monoisotopic (exact) mass is 441 g/mol. The maximum absolute atomic E-state index is 13.4. The van der Waals surface area contributed by atoms with Crippen LogP contribution < -0.4 is 4.74 Å². The van der Waals surface area contributed by atoms with Gasteiger partial charge >= 0.3 is 0 Å². The van der Waals surface area contributed by atoms with Crippen molar-refractivity contribution in [2.24, 2.45) is 7.05 Å². The zero-order valence-corrected chi connectivity index (χ0v) is 19.0. The van der Waals surface area contributed by atoms with E-state index in [2.05, 4.69) is 11.8 Å². The molecule has 0 aliphatic heterocycles. The molecule has 0 aliphatic carbocycles. The second kappa shape index (κ2) is 11.8. The fourth-order valence-corrected chi connectivity index (χ4v) is 3.64. The normalized spacial score (nSPS) is 12.3. The van der Waals surface area contributed by atoms with Crippen molar-refractivity contribution in [2.45, 2.75) is 32.9 Å². The Morgan fingerprint density at radius 3 is 2.47 bits per heavy atom. The Hall–Kier alpha value is -2.74. The van der Waals surface area contributed by atoms with Crippen LogP contribution in [0.15, 0.2) is 54.6 Å². The lowest BCUT2D eigenvalue weighted by Gasteiger charge is -2.25. The van der Waals surface area contributed by atoms with Crippen molar-refractivity contribution in [1.29, 1.82) is 0 Å². The van der Waals surface area contributed by atoms with Crippen LogP contribution in [-0.4, -0.2) is 52.2 Å². The van der Waals surface area contributed by atoms with Gasteiger partial charge in [0.05, 0.1) is 18.3 Å². The summed E-state index contributed by atoms with van der Waals surface area (Å²) in [4.78, 5) is 2.19. The SMILES string of the molecule is CCCN(Cc1c(-c2ccccc2)nn(C)c1Oc1ccc(F)cc1)CC(O)COCC. The fraction of sp³-hybridized carbons (Fsp3) is 0.400. The van der Waals surface area contributed by atoms with Crippen LogP contribution in [0.1, 0.15) is 25.8 Å². The number of benzene rings is 2. The minimum atomic E-state index is -0.584. The van der Waals surface area contributed by atoms with E-state index >= 15 is 0 Å². The summed E-state index contributed by atoms with van der Waals surface area (Å²) in [5.74, 6) is 0.814. The first-order valence-corrected chi connectivity index (χ1v) is 11.0. The maximum Gasteiger partial charge on any atom is 0.222 e. The molecule has 2 aromatic carbocycles. The lowest BCUT2D eigenvalue weighted by Crippen LogP contribution is -2.35. The van der Waals surface area contributed by atoms with Crippen LogP contribution in [0.25, 0.3) is 11.3 Å². The van der Waals surface area contributed by atoms with Crippen molar-refractivity contribution < 1.29 is 19.0 Å². The predicted octanol–water partition coefficient (Wildman–Crippen LogP) is 4.63. The molecular formula is C25H32FN3O3. The molecule has 0 fully saturated rings. The van der Waals surface area contributed by atoms with Gasteiger partial charge in [0.15, 0.2) is 0 Å². The van der Waals surface area contributed by atoms with Crippen LogP contribution in [0.2, 0.25) is 0 Å². The molecule has 32 heavy (non-hydrogen) atoms. The number of aliphatic hydroxyl groups is 1. The lowest BCUT2D eigenvalue weighted by molar-refractivity contribution is 0.0195. The van der Waals surface area contributed by atoms with Gasteiger partial charge in [0.2, 0.25) is 5.88 Å². The summed E-state index contributed by atoms with van der Waals surface area (Å²) >= 11 is 0. The minimum Gasteiger partial charge on any atom is -0.439 e. The first kappa shape index (κ1) is 23.9. The van der Waals surface area contributed by atoms with Gasteiger partial charge in [-0.2, -0.15) is 5.10 Å². The molecule has 1 aromatic heterocycles. The number of aromatic nitrogens is 2. The third kappa shape index (κ3) is 6.38. The number of aliphatic hydroxyl groups excluding tert-OH is 1. The molecule has 7 heteroatoms. The number of nitrogens with zero attached hydrogens (tertiary/aromatic N) is 3. The number of rotatable bonds is 12. The number of aryl methyl sites for hydroxylation is 1. The molecular weight excluding hydrogens is 409 g/mol. The molecule has 1 unspecified atom stereocenters. The Bertz CT molecular complexity index is 961. The van der Waals surface area contributed by atoms with Gasteiger partial charge in [-0.05, 0) is 44.2 Å². The van der Waals surface area contributed by atoms with E-state index in [9.17, 15) is 9.50 Å². The minimum absolute atomic E-state index is 0.300. The molecule has 0 spiro atoms. The fourth-order valence-electron chi connectivity index (χ4n) is 3.64. The Morgan fingerprint density at radius 2 is 1.81 bits per heavy atom. The molecule has 172 valence electrons. The van der Waals surface area contributed by atoms with E-state index in [4.69, 9.17) is 14.6 Å². The lowest BCUT2D eigenvalue weighted by atomic mass is 10.1. The third-order valence-electron chi connectivity index (χ3n) is 5.07. The van der Waals surface area contributed by atoms with E-state index in [0.717, 1.165) is 29.8 Å². The van der Waals surface area contributed by atoms with Gasteiger partial charge in [0, 0.05) is 32.3 Å². The van der Waals surface area contributed by atoms with Crippen molar-refractivity contribution in [1.82, 2.24) is 14.7 Å². The number of hydrogen-bond donors (Lipinski definition) is 1. The first-order valence-electron chi connectivity index (χ1n) is 11.0. The van der Waals surface area contributed by atoms with Gasteiger partial charge in [0.1, 0.15) is 17.3 Å². The van der Waals surface area contributed by atoms with Crippen molar-refractivity contribution in [2.75, 3.05) is 26.3 Å². The summed E-state index contributed by atoms with van der Waals surface area (Å²) in [6.07, 6.45) is 0.357. The van der Waals surface area contributed by atoms with Crippen LogP contribution in [0.4, 0.5) is 4.39 Å². The third-order valence-corrected chi connectivity index (χ3v) is 5.07. The van der Waals surface area contributed by atoms with Crippen LogP contribution >= 0.6 is 0 Å². The van der Waals surface area contributed by atoms with Gasteiger partial charge in [-0.1, -0.05) is 37.3 Å². The molecule has 6 nitrogen and oxygen atoms in total. The molecule has 1 heterocycles. The van der Waals surface area contributed by atoms with Gasteiger partial charge in [-0.3, -0.25) is 4.90 Å². The zero-order chi connectivity index (χ0) is 22.9. The van der Waals surface area contributed by atoms with Crippen LogP contribution in [0, 0.1) is 5.82 Å². The topological polar surface area (TPSA) is 59.8 Å². The summed E-state index contributed by atoms with van der Waals surface area (Å²) in [6, 6.07) is 15.9. The first-order chi connectivity index (χ1) is 15.5. The average molecular weight is 442 g/mol. The molecule has 0 bridgehead atoms. The van der Waals surface area contributed by atoms with Gasteiger partial charge < -0.3 is 14.6 Å². The Morgan fingerprint density at radius 1 is 1.09 bits per heavy atom. The van der Waals surface area contributed by atoms with E-state index in [1.807, 2.05) is 44.3 Å². The number of ether oxygens (including phenoxy) is 2. The molecule has 1 N–H and O–H groups in total. The van der Waals surface area contributed by atoms with Crippen molar-refractivity contribution >= 4 is 0 Å². The predicted molar refractivity (Wildman–Crippen MR) is 123 cm³/mol. The second-order valence-corrected chi connectivity index (χ2v) is 7.73. The Balaban J connectivity index is 1.95. The molecule has 3 rings (SSSR count). The van der Waals surface area contributed by atoms with Crippen molar-refractivity contribution in [3.8, 4) is 22.9 Å². The average Bonchev–Trinajstić information content (AvgIpc) is 3.09. The van der Waals surface area contributed by atoms with Crippen molar-refractivity contribution in [3.05, 3.63) is 66.0 Å². The quantitative estimate of drug-likeness (QED) is 0.444. The molecule has 1 atom stereocenters. The highest BCUT2D eigenvalue weighted by atomic mass is 19.1. The molecule has 0 radical (unpaired) electrons. The molecule has 3 aromatic rings. The smallest absolute Gasteiger partial charge is 0.222 e. The van der Waals surface area contributed by atoms with Gasteiger partial charge in [-0.25, -0.2) is 9.07 Å². The molecule has 0 saturated carbocycles. The maximum atomic E-state index is 13.4. The van der Waals surface area contributed by atoms with E-state index in [1.165, 1.54) is 12.1 Å². The van der Waals surface area contributed by atoms with E-state index in [-0.39, 0.29) is 5.82 Å². The summed E-state index contributed by atoms with van der Waals surface area (Å²) in [5.41, 5.74) is 2.73. The largest absolute Gasteiger partial charge is 0.439 e. The van der Waals surface area contributed by atoms with Gasteiger partial charge in [-0.15, -0.1) is 0 Å². The van der Waals surface area contributed by atoms with E-state index in [0.29, 0.717) is 37.9 Å². The standard InChI is InChI=1S/C25H32FN3O3/c1-4-15-29(16-21(30)18-31-5-2)17-23-24(19-9-7-6-8-10-19)27-28(3)25(23)32-22-13-11-20(26)12-14-22/h6-14,21,30H,4-5,15-18H2,1-3H3. The summed E-state index contributed by atoms with van der Waals surface area (Å²) in [5, 5.41) is 15.2. The van der Waals surface area contributed by atoms with Crippen LogP contribution in [0.3, 0.4) is 0 Å². The highest BCUT2D eigenvalue weighted by Crippen LogP contribution is 2.34. The summed E-state index contributed by atoms with van der Waals surface area (Å²) in [7, 11) is 1.84. The number of hydrogen-bond acceptors (Lipinski definition) is 5. The summed E-state index contributed by atoms with van der Waals surface area (Å²) < 4.78 is 26.6. The van der Waals surface area contributed by atoms with Crippen LogP contribution in [0.5, 0.6) is 11.6 Å². The highest BCUT2D eigenvalue weighted by molar-refractivity contribution is 5.65. The van der Waals surface area contributed by atoms with Crippen LogP contribution in [-0.2, 0) is 18.3 Å². The van der Waals surface area contributed by atoms with Gasteiger partial charge in [0.25, 0.3) is 0 Å². The summed E-state index contributed by atoms with van der Waals surface area (Å²) in [6.45, 7) is 6.73. The van der Waals surface area contributed by atoms with Crippen molar-refractivity contribution in [3.63, 3.8) is 0 Å². The molecule has 0 amide bonds. The van der Waals surface area contributed by atoms with E-state index in [1.54, 1.807) is 16.8 Å². The second-order valence-electron chi connectivity index (χ2n) is 7.73. The highest BCUT2D eigenvalue weighted by Gasteiger charge is 2.23. The number of halogens is 1. The Labute approximate surface area is 189 Å². The zero-order valence-electron chi connectivity index (χ0n) is 19.0. The molecule has 0 saturated heterocycles. The molecule has 0 aliphatic rings. The van der Waals surface area contributed by atoms with E-state index < -0.39 is 6.10 Å².